The van der Waals surface area contributed by atoms with Gasteiger partial charge in [0.2, 0.25) is 0 Å². The minimum Gasteiger partial charge on any atom is -0.384 e. The Kier molecular flexibility index (Phi) is 6.60. The lowest BCUT2D eigenvalue weighted by atomic mass is 9.87. The van der Waals surface area contributed by atoms with Gasteiger partial charge in [-0.05, 0) is 38.1 Å². The van der Waals surface area contributed by atoms with Gasteiger partial charge in [-0.15, -0.1) is 0 Å². The molecule has 1 fully saturated rings. The third-order valence-corrected chi connectivity index (χ3v) is 5.92. The van der Waals surface area contributed by atoms with Crippen molar-refractivity contribution in [2.45, 2.75) is 50.8 Å². The molecule has 0 saturated heterocycles. The van der Waals surface area contributed by atoms with Crippen molar-refractivity contribution < 1.29 is 13.2 Å². The maximum atomic E-state index is 12.3. The van der Waals surface area contributed by atoms with Gasteiger partial charge in [0.25, 0.3) is 0 Å². The molecule has 0 aromatic carbocycles. The van der Waals surface area contributed by atoms with E-state index < -0.39 is 9.84 Å². The highest BCUT2D eigenvalue weighted by Gasteiger charge is 2.37. The van der Waals surface area contributed by atoms with Crippen LogP contribution in [0.15, 0.2) is 0 Å². The van der Waals surface area contributed by atoms with Crippen molar-refractivity contribution in [3.63, 3.8) is 0 Å². The number of methoxy groups -OCH3 is 1. The van der Waals surface area contributed by atoms with Crippen LogP contribution in [0.5, 0.6) is 0 Å². The van der Waals surface area contributed by atoms with Crippen LogP contribution in [0.25, 0.3) is 0 Å². The second-order valence-corrected chi connectivity index (χ2v) is 7.72. The van der Waals surface area contributed by atoms with E-state index in [0.717, 1.165) is 32.2 Å². The van der Waals surface area contributed by atoms with E-state index in [4.69, 9.17) is 4.74 Å². The summed E-state index contributed by atoms with van der Waals surface area (Å²) in [5.41, 5.74) is 0. The Labute approximate surface area is 111 Å². The standard InChI is InChI=1S/C13H27NO3S/c1-4-7-14-12-6-5-11(2)10-13(12)18(15,16)9-8-17-3/h11-14H,4-10H2,1-3H3. The molecule has 0 heterocycles. The summed E-state index contributed by atoms with van der Waals surface area (Å²) >= 11 is 0. The molecule has 0 aliphatic heterocycles. The van der Waals surface area contributed by atoms with Crippen molar-refractivity contribution in [1.82, 2.24) is 5.32 Å². The van der Waals surface area contributed by atoms with Gasteiger partial charge in [-0.2, -0.15) is 0 Å². The second-order valence-electron chi connectivity index (χ2n) is 5.38. The molecule has 0 aromatic heterocycles. The fraction of sp³-hybridized carbons (Fsp3) is 1.00. The molecule has 18 heavy (non-hydrogen) atoms. The molecule has 0 amide bonds. The lowest BCUT2D eigenvalue weighted by molar-refractivity contribution is 0.216. The molecule has 3 unspecified atom stereocenters. The van der Waals surface area contributed by atoms with Crippen molar-refractivity contribution >= 4 is 9.84 Å². The van der Waals surface area contributed by atoms with Gasteiger partial charge < -0.3 is 10.1 Å². The summed E-state index contributed by atoms with van der Waals surface area (Å²) in [5, 5.41) is 3.17. The Morgan fingerprint density at radius 1 is 1.33 bits per heavy atom. The first-order valence-corrected chi connectivity index (χ1v) is 8.66. The minimum absolute atomic E-state index is 0.128. The molecule has 1 saturated carbocycles. The SMILES string of the molecule is CCCNC1CCC(C)CC1S(=O)(=O)CCOC. The topological polar surface area (TPSA) is 55.4 Å². The first kappa shape index (κ1) is 15.9. The van der Waals surface area contributed by atoms with Crippen molar-refractivity contribution in [2.24, 2.45) is 5.92 Å². The van der Waals surface area contributed by atoms with E-state index in [9.17, 15) is 8.42 Å². The number of ether oxygens (including phenoxy) is 1. The molecular formula is C13H27NO3S. The third-order valence-electron chi connectivity index (χ3n) is 3.74. The Bertz CT molecular complexity index is 327. The summed E-state index contributed by atoms with van der Waals surface area (Å²) in [7, 11) is -1.50. The van der Waals surface area contributed by atoms with E-state index in [2.05, 4.69) is 19.2 Å². The highest BCUT2D eigenvalue weighted by Crippen LogP contribution is 2.29. The number of hydrogen-bond acceptors (Lipinski definition) is 4. The molecule has 0 spiro atoms. The summed E-state index contributed by atoms with van der Waals surface area (Å²) in [5.74, 6) is 0.651. The zero-order valence-corrected chi connectivity index (χ0v) is 12.6. The maximum Gasteiger partial charge on any atom is 0.156 e. The molecular weight excluding hydrogens is 250 g/mol. The van der Waals surface area contributed by atoms with Crippen molar-refractivity contribution in [1.29, 1.82) is 0 Å². The molecule has 1 aliphatic carbocycles. The van der Waals surface area contributed by atoms with Gasteiger partial charge >= 0.3 is 0 Å². The fourth-order valence-electron chi connectivity index (χ4n) is 2.64. The van der Waals surface area contributed by atoms with Gasteiger partial charge in [0.1, 0.15) is 0 Å². The minimum atomic E-state index is -3.05. The Hall–Kier alpha value is -0.130. The first-order chi connectivity index (χ1) is 8.51. The molecule has 3 atom stereocenters. The predicted molar refractivity (Wildman–Crippen MR) is 74.5 cm³/mol. The van der Waals surface area contributed by atoms with Crippen LogP contribution < -0.4 is 5.32 Å². The monoisotopic (exact) mass is 277 g/mol. The Morgan fingerprint density at radius 3 is 2.67 bits per heavy atom. The quantitative estimate of drug-likeness (QED) is 0.768. The summed E-state index contributed by atoms with van der Waals surface area (Å²) < 4.78 is 29.6. The van der Waals surface area contributed by atoms with E-state index in [0.29, 0.717) is 12.5 Å². The van der Waals surface area contributed by atoms with Crippen molar-refractivity contribution in [3.05, 3.63) is 0 Å². The van der Waals surface area contributed by atoms with E-state index in [1.807, 2.05) is 0 Å². The highest BCUT2D eigenvalue weighted by molar-refractivity contribution is 7.92. The van der Waals surface area contributed by atoms with Crippen LogP contribution in [0.3, 0.4) is 0 Å². The maximum absolute atomic E-state index is 12.3. The molecule has 0 bridgehead atoms. The van der Waals surface area contributed by atoms with Crippen LogP contribution in [0, 0.1) is 5.92 Å². The molecule has 1 N–H and O–H groups in total. The Morgan fingerprint density at radius 2 is 2.06 bits per heavy atom. The molecule has 0 radical (unpaired) electrons. The average molecular weight is 277 g/mol. The van der Waals surface area contributed by atoms with Crippen LogP contribution in [0.1, 0.15) is 39.5 Å². The zero-order chi connectivity index (χ0) is 13.6. The number of nitrogens with one attached hydrogen (secondary N) is 1. The number of hydrogen-bond donors (Lipinski definition) is 1. The van der Waals surface area contributed by atoms with Crippen LogP contribution in [0.4, 0.5) is 0 Å². The normalized spacial score (nSPS) is 29.4. The van der Waals surface area contributed by atoms with Crippen LogP contribution >= 0.6 is 0 Å². The third kappa shape index (κ3) is 4.52. The summed E-state index contributed by atoms with van der Waals surface area (Å²) in [6.45, 7) is 5.45. The van der Waals surface area contributed by atoms with Gasteiger partial charge in [-0.3, -0.25) is 0 Å². The predicted octanol–water partition coefficient (Wildman–Crippen LogP) is 1.60. The van der Waals surface area contributed by atoms with Gasteiger partial charge in [-0.1, -0.05) is 13.8 Å². The summed E-state index contributed by atoms with van der Waals surface area (Å²) in [6.07, 6.45) is 3.92. The number of sulfone groups is 1. The largest absolute Gasteiger partial charge is 0.384 e. The van der Waals surface area contributed by atoms with E-state index in [1.165, 1.54) is 0 Å². The fourth-order valence-corrected chi connectivity index (χ4v) is 4.70. The summed E-state index contributed by atoms with van der Waals surface area (Å²) in [4.78, 5) is 0. The van der Waals surface area contributed by atoms with Crippen LogP contribution in [-0.2, 0) is 14.6 Å². The molecule has 5 heteroatoms. The van der Waals surface area contributed by atoms with E-state index >= 15 is 0 Å². The van der Waals surface area contributed by atoms with E-state index in [1.54, 1.807) is 7.11 Å². The van der Waals surface area contributed by atoms with Crippen LogP contribution in [-0.4, -0.2) is 45.7 Å². The smallest absolute Gasteiger partial charge is 0.156 e. The number of rotatable bonds is 7. The van der Waals surface area contributed by atoms with E-state index in [-0.39, 0.29) is 17.0 Å². The van der Waals surface area contributed by atoms with Gasteiger partial charge in [0.15, 0.2) is 9.84 Å². The van der Waals surface area contributed by atoms with Crippen molar-refractivity contribution in [2.75, 3.05) is 26.0 Å². The highest BCUT2D eigenvalue weighted by atomic mass is 32.2. The lowest BCUT2D eigenvalue weighted by Gasteiger charge is -2.35. The molecule has 1 aliphatic rings. The zero-order valence-electron chi connectivity index (χ0n) is 11.8. The lowest BCUT2D eigenvalue weighted by Crippen LogP contribution is -2.49. The first-order valence-electron chi connectivity index (χ1n) is 6.95. The van der Waals surface area contributed by atoms with Crippen molar-refractivity contribution in [3.8, 4) is 0 Å². The van der Waals surface area contributed by atoms with Gasteiger partial charge in [-0.25, -0.2) is 8.42 Å². The molecule has 0 aromatic rings. The average Bonchev–Trinajstić information content (AvgIpc) is 2.35. The molecule has 108 valence electrons. The summed E-state index contributed by atoms with van der Waals surface area (Å²) in [6, 6.07) is 0.128. The van der Waals surface area contributed by atoms with Gasteiger partial charge in [0.05, 0.1) is 17.6 Å². The van der Waals surface area contributed by atoms with Gasteiger partial charge in [0, 0.05) is 13.2 Å². The molecule has 4 nitrogen and oxygen atoms in total. The second kappa shape index (κ2) is 7.46. The molecule has 1 rings (SSSR count). The Balaban J connectivity index is 2.71. The van der Waals surface area contributed by atoms with Crippen LogP contribution in [0.2, 0.25) is 0 Å².